The number of amides is 1. The van der Waals surface area contributed by atoms with Gasteiger partial charge in [0.25, 0.3) is 0 Å². The van der Waals surface area contributed by atoms with Crippen LogP contribution in [-0.4, -0.2) is 39.8 Å². The van der Waals surface area contributed by atoms with E-state index in [0.29, 0.717) is 29.5 Å². The summed E-state index contributed by atoms with van der Waals surface area (Å²) < 4.78 is 12.3. The van der Waals surface area contributed by atoms with Gasteiger partial charge in [0.1, 0.15) is 12.9 Å². The number of carbonyl (C=O) groups excluding carboxylic acids is 1. The number of para-hydroxylation sites is 2. The molecular weight excluding hydrogens is 358 g/mol. The second-order valence-corrected chi connectivity index (χ2v) is 5.60. The van der Waals surface area contributed by atoms with Crippen molar-refractivity contribution in [2.75, 3.05) is 19.0 Å². The van der Waals surface area contributed by atoms with E-state index >= 15 is 0 Å². The average Bonchev–Trinajstić information content (AvgIpc) is 3.26. The van der Waals surface area contributed by atoms with Crippen molar-refractivity contribution in [1.82, 2.24) is 20.2 Å². The van der Waals surface area contributed by atoms with E-state index in [0.717, 1.165) is 5.56 Å². The molecule has 1 aromatic heterocycles. The molecule has 8 nitrogen and oxygen atoms in total. The van der Waals surface area contributed by atoms with Crippen molar-refractivity contribution in [3.63, 3.8) is 0 Å². The van der Waals surface area contributed by atoms with Crippen molar-refractivity contribution in [3.8, 4) is 17.2 Å². The van der Waals surface area contributed by atoms with Crippen LogP contribution in [-0.2, 0) is 4.79 Å². The Hall–Kier alpha value is -3.94. The summed E-state index contributed by atoms with van der Waals surface area (Å²) in [5.74, 6) is 0.902. The fourth-order valence-corrected chi connectivity index (χ4v) is 2.45. The van der Waals surface area contributed by atoms with Crippen LogP contribution in [0.1, 0.15) is 5.56 Å². The number of ether oxygens (including phenoxy) is 2. The van der Waals surface area contributed by atoms with E-state index in [4.69, 9.17) is 9.47 Å². The number of carbonyl (C=O) groups is 1. The summed E-state index contributed by atoms with van der Waals surface area (Å²) in [6.45, 7) is 4.00. The maximum atomic E-state index is 12.3. The van der Waals surface area contributed by atoms with Crippen LogP contribution in [0.5, 0.6) is 11.5 Å². The van der Waals surface area contributed by atoms with Gasteiger partial charge < -0.3 is 14.8 Å². The molecule has 3 aromatic rings. The van der Waals surface area contributed by atoms with Gasteiger partial charge in [0.05, 0.1) is 18.5 Å². The lowest BCUT2D eigenvalue weighted by atomic mass is 10.2. The molecule has 0 fully saturated rings. The van der Waals surface area contributed by atoms with Gasteiger partial charge in [-0.1, -0.05) is 30.9 Å². The molecule has 0 aliphatic rings. The Morgan fingerprint density at radius 2 is 2.11 bits per heavy atom. The first kappa shape index (κ1) is 18.8. The molecule has 0 atom stereocenters. The Morgan fingerprint density at radius 3 is 2.86 bits per heavy atom. The third kappa shape index (κ3) is 4.61. The molecule has 0 bridgehead atoms. The molecule has 0 radical (unpaired) electrons. The minimum absolute atomic E-state index is 0.286. The van der Waals surface area contributed by atoms with Crippen LogP contribution in [0, 0.1) is 0 Å². The van der Waals surface area contributed by atoms with Crippen molar-refractivity contribution in [2.45, 2.75) is 0 Å². The molecule has 1 amide bonds. The standard InChI is InChI=1S/C20H19N5O3/c1-3-12-28-18-10-8-15(13-19(18)27-2)9-11-20(26)22-16-6-4-5-7-17(16)25-14-21-23-24-25/h3-11,13-14H,1,12H2,2H3,(H,22,26). The van der Waals surface area contributed by atoms with Crippen LogP contribution < -0.4 is 14.8 Å². The molecular formula is C20H19N5O3. The number of rotatable bonds is 8. The maximum absolute atomic E-state index is 12.3. The zero-order valence-electron chi connectivity index (χ0n) is 15.3. The molecule has 2 aromatic carbocycles. The molecule has 1 N–H and O–H groups in total. The Balaban J connectivity index is 1.72. The average molecular weight is 377 g/mol. The second kappa shape index (κ2) is 9.13. The van der Waals surface area contributed by atoms with E-state index in [1.807, 2.05) is 24.3 Å². The van der Waals surface area contributed by atoms with Crippen molar-refractivity contribution >= 4 is 17.7 Å². The lowest BCUT2D eigenvalue weighted by molar-refractivity contribution is -0.111. The molecule has 0 spiro atoms. The molecule has 0 aliphatic heterocycles. The highest BCUT2D eigenvalue weighted by molar-refractivity contribution is 6.03. The maximum Gasteiger partial charge on any atom is 0.248 e. The number of hydrogen-bond acceptors (Lipinski definition) is 6. The topological polar surface area (TPSA) is 91.2 Å². The Bertz CT molecular complexity index is 983. The van der Waals surface area contributed by atoms with Crippen LogP contribution in [0.4, 0.5) is 5.69 Å². The highest BCUT2D eigenvalue weighted by atomic mass is 16.5. The predicted octanol–water partition coefficient (Wildman–Crippen LogP) is 2.89. The van der Waals surface area contributed by atoms with Gasteiger partial charge >= 0.3 is 0 Å². The summed E-state index contributed by atoms with van der Waals surface area (Å²) in [6.07, 6.45) is 6.25. The lowest BCUT2D eigenvalue weighted by Crippen LogP contribution is -2.11. The monoisotopic (exact) mass is 377 g/mol. The quantitative estimate of drug-likeness (QED) is 0.479. The van der Waals surface area contributed by atoms with E-state index in [2.05, 4.69) is 27.4 Å². The number of tetrazole rings is 1. The zero-order chi connectivity index (χ0) is 19.8. The predicted molar refractivity (Wildman–Crippen MR) is 106 cm³/mol. The summed E-state index contributed by atoms with van der Waals surface area (Å²) in [5, 5.41) is 13.9. The SMILES string of the molecule is C=CCOc1ccc(C=CC(=O)Nc2ccccc2-n2cnnn2)cc1OC. The third-order valence-electron chi connectivity index (χ3n) is 3.73. The Kier molecular flexibility index (Phi) is 6.14. The molecule has 3 rings (SSSR count). The van der Waals surface area contributed by atoms with Crippen LogP contribution in [0.2, 0.25) is 0 Å². The summed E-state index contributed by atoms with van der Waals surface area (Å²) in [4.78, 5) is 12.3. The number of nitrogens with one attached hydrogen (secondary N) is 1. The largest absolute Gasteiger partial charge is 0.493 e. The van der Waals surface area contributed by atoms with Crippen molar-refractivity contribution in [3.05, 3.63) is 73.1 Å². The third-order valence-corrected chi connectivity index (χ3v) is 3.73. The van der Waals surface area contributed by atoms with Gasteiger partial charge in [0.15, 0.2) is 11.5 Å². The highest BCUT2D eigenvalue weighted by Crippen LogP contribution is 2.28. The zero-order valence-corrected chi connectivity index (χ0v) is 15.3. The smallest absolute Gasteiger partial charge is 0.248 e. The number of benzene rings is 2. The summed E-state index contributed by atoms with van der Waals surface area (Å²) in [6, 6.07) is 12.6. The summed E-state index contributed by atoms with van der Waals surface area (Å²) >= 11 is 0. The number of methoxy groups -OCH3 is 1. The molecule has 0 saturated carbocycles. The van der Waals surface area contributed by atoms with Gasteiger partial charge in [-0.2, -0.15) is 4.68 Å². The molecule has 1 heterocycles. The van der Waals surface area contributed by atoms with Crippen molar-refractivity contribution in [1.29, 1.82) is 0 Å². The number of hydrogen-bond donors (Lipinski definition) is 1. The first-order chi connectivity index (χ1) is 13.7. The first-order valence-electron chi connectivity index (χ1n) is 8.44. The highest BCUT2D eigenvalue weighted by Gasteiger charge is 2.08. The normalized spacial score (nSPS) is 10.6. The van der Waals surface area contributed by atoms with Gasteiger partial charge in [0.2, 0.25) is 5.91 Å². The number of aromatic nitrogens is 4. The first-order valence-corrected chi connectivity index (χ1v) is 8.44. The second-order valence-electron chi connectivity index (χ2n) is 5.60. The number of anilines is 1. The van der Waals surface area contributed by atoms with Crippen LogP contribution in [0.25, 0.3) is 11.8 Å². The van der Waals surface area contributed by atoms with Crippen molar-refractivity contribution in [2.24, 2.45) is 0 Å². The molecule has 28 heavy (non-hydrogen) atoms. The fraction of sp³-hybridized carbons (Fsp3) is 0.100. The van der Waals surface area contributed by atoms with Crippen LogP contribution >= 0.6 is 0 Å². The van der Waals surface area contributed by atoms with Gasteiger partial charge in [-0.3, -0.25) is 4.79 Å². The van der Waals surface area contributed by atoms with Gasteiger partial charge in [-0.25, -0.2) is 0 Å². The van der Waals surface area contributed by atoms with E-state index in [-0.39, 0.29) is 5.91 Å². The number of nitrogens with zero attached hydrogens (tertiary/aromatic N) is 4. The van der Waals surface area contributed by atoms with Crippen LogP contribution in [0.15, 0.2) is 67.5 Å². The fourth-order valence-electron chi connectivity index (χ4n) is 2.45. The van der Waals surface area contributed by atoms with Gasteiger partial charge in [0, 0.05) is 6.08 Å². The summed E-state index contributed by atoms with van der Waals surface area (Å²) in [5.41, 5.74) is 2.06. The molecule has 8 heteroatoms. The minimum atomic E-state index is -0.286. The molecule has 0 saturated heterocycles. The lowest BCUT2D eigenvalue weighted by Gasteiger charge is -2.10. The van der Waals surface area contributed by atoms with E-state index in [1.54, 1.807) is 37.5 Å². The summed E-state index contributed by atoms with van der Waals surface area (Å²) in [7, 11) is 1.56. The van der Waals surface area contributed by atoms with E-state index < -0.39 is 0 Å². The molecule has 142 valence electrons. The molecule has 0 unspecified atom stereocenters. The van der Waals surface area contributed by atoms with Crippen molar-refractivity contribution < 1.29 is 14.3 Å². The Morgan fingerprint density at radius 1 is 1.25 bits per heavy atom. The van der Waals surface area contributed by atoms with Crippen LogP contribution in [0.3, 0.4) is 0 Å². The van der Waals surface area contributed by atoms with E-state index in [1.165, 1.54) is 17.1 Å². The molecule has 0 aliphatic carbocycles. The Labute approximate surface area is 162 Å². The van der Waals surface area contributed by atoms with E-state index in [9.17, 15) is 4.79 Å². The van der Waals surface area contributed by atoms with Gasteiger partial charge in [-0.05, 0) is 46.3 Å². The van der Waals surface area contributed by atoms with Gasteiger partial charge in [-0.15, -0.1) is 5.10 Å². The minimum Gasteiger partial charge on any atom is -0.493 e.